The Morgan fingerprint density at radius 2 is 2.00 bits per heavy atom. The number of nitrogens with one attached hydrogen (secondary N) is 1. The monoisotopic (exact) mass is 249 g/mol. The van der Waals surface area contributed by atoms with Gasteiger partial charge in [-0.2, -0.15) is 0 Å². The Hall–Kier alpha value is -1.35. The van der Waals surface area contributed by atoms with E-state index in [4.69, 9.17) is 4.74 Å². The van der Waals surface area contributed by atoms with Crippen LogP contribution in [0.5, 0.6) is 0 Å². The maximum absolute atomic E-state index is 11.7. The van der Waals surface area contributed by atoms with E-state index in [2.05, 4.69) is 19.2 Å². The topological polar surface area (TPSA) is 38.3 Å². The number of ether oxygens (including phenoxy) is 1. The Labute approximate surface area is 110 Å². The summed E-state index contributed by atoms with van der Waals surface area (Å²) in [5.74, 6) is -0.155. The van der Waals surface area contributed by atoms with E-state index in [1.54, 1.807) is 0 Å². The Kier molecular flexibility index (Phi) is 7.11. The Morgan fingerprint density at radius 1 is 1.28 bits per heavy atom. The molecule has 3 heteroatoms. The van der Waals surface area contributed by atoms with Gasteiger partial charge < -0.3 is 10.1 Å². The van der Waals surface area contributed by atoms with Gasteiger partial charge in [-0.3, -0.25) is 4.79 Å². The van der Waals surface area contributed by atoms with Crippen LogP contribution in [0.15, 0.2) is 30.3 Å². The Balaban J connectivity index is 2.27. The summed E-state index contributed by atoms with van der Waals surface area (Å²) in [7, 11) is 0. The molecule has 18 heavy (non-hydrogen) atoms. The predicted octanol–water partition coefficient (Wildman–Crippen LogP) is 2.55. The van der Waals surface area contributed by atoms with Crippen LogP contribution in [0.2, 0.25) is 0 Å². The molecule has 1 aromatic rings. The minimum absolute atomic E-state index is 0.155. The molecular weight excluding hydrogens is 226 g/mol. The first-order valence-corrected chi connectivity index (χ1v) is 6.69. The zero-order chi connectivity index (χ0) is 13.2. The van der Waals surface area contributed by atoms with Gasteiger partial charge in [-0.25, -0.2) is 0 Å². The molecule has 1 N–H and O–H groups in total. The number of rotatable bonds is 8. The molecule has 100 valence electrons. The van der Waals surface area contributed by atoms with E-state index in [0.717, 1.165) is 24.9 Å². The predicted molar refractivity (Wildman–Crippen MR) is 73.5 cm³/mol. The van der Waals surface area contributed by atoms with Crippen molar-refractivity contribution in [2.75, 3.05) is 13.2 Å². The first-order chi connectivity index (χ1) is 8.76. The first kappa shape index (κ1) is 14.7. The fourth-order valence-corrected chi connectivity index (χ4v) is 1.68. The van der Waals surface area contributed by atoms with Gasteiger partial charge >= 0.3 is 5.97 Å². The normalized spacial score (nSPS) is 12.1. The number of benzene rings is 1. The lowest BCUT2D eigenvalue weighted by Gasteiger charge is -2.16. The van der Waals surface area contributed by atoms with Crippen molar-refractivity contribution in [3.63, 3.8) is 0 Å². The van der Waals surface area contributed by atoms with E-state index < -0.39 is 0 Å². The highest BCUT2D eigenvalue weighted by Crippen LogP contribution is 2.02. The van der Waals surface area contributed by atoms with Crippen LogP contribution in [0.4, 0.5) is 0 Å². The minimum atomic E-state index is -0.155. The van der Waals surface area contributed by atoms with Gasteiger partial charge in [-0.15, -0.1) is 0 Å². The highest BCUT2D eigenvalue weighted by atomic mass is 16.5. The molecule has 1 rings (SSSR count). The van der Waals surface area contributed by atoms with Gasteiger partial charge in [0.05, 0.1) is 6.42 Å². The fourth-order valence-electron chi connectivity index (χ4n) is 1.68. The first-order valence-electron chi connectivity index (χ1n) is 6.69. The fraction of sp³-hybridized carbons (Fsp3) is 0.533. The molecule has 1 aromatic carbocycles. The van der Waals surface area contributed by atoms with Crippen molar-refractivity contribution in [3.05, 3.63) is 35.9 Å². The lowest BCUT2D eigenvalue weighted by atomic mass is 10.1. The maximum Gasteiger partial charge on any atom is 0.310 e. The van der Waals surface area contributed by atoms with Crippen molar-refractivity contribution >= 4 is 5.97 Å². The zero-order valence-electron chi connectivity index (χ0n) is 11.3. The SMILES string of the molecule is CCCNC(CC)COC(=O)Cc1ccccc1. The van der Waals surface area contributed by atoms with E-state index >= 15 is 0 Å². The third-order valence-corrected chi connectivity index (χ3v) is 2.81. The summed E-state index contributed by atoms with van der Waals surface area (Å²) >= 11 is 0. The van der Waals surface area contributed by atoms with Crippen LogP contribution in [0.3, 0.4) is 0 Å². The summed E-state index contributed by atoms with van der Waals surface area (Å²) in [4.78, 5) is 11.7. The minimum Gasteiger partial charge on any atom is -0.464 e. The van der Waals surface area contributed by atoms with Crippen molar-refractivity contribution in [1.29, 1.82) is 0 Å². The van der Waals surface area contributed by atoms with Crippen molar-refractivity contribution in [3.8, 4) is 0 Å². The molecule has 3 nitrogen and oxygen atoms in total. The molecule has 0 aliphatic heterocycles. The van der Waals surface area contributed by atoms with E-state index in [-0.39, 0.29) is 12.0 Å². The lowest BCUT2D eigenvalue weighted by molar-refractivity contribution is -0.143. The van der Waals surface area contributed by atoms with E-state index in [1.165, 1.54) is 0 Å². The second-order valence-corrected chi connectivity index (χ2v) is 4.40. The molecule has 0 amide bonds. The van der Waals surface area contributed by atoms with Gasteiger partial charge in [0.1, 0.15) is 6.61 Å². The quantitative estimate of drug-likeness (QED) is 0.720. The van der Waals surface area contributed by atoms with Crippen LogP contribution >= 0.6 is 0 Å². The van der Waals surface area contributed by atoms with Crippen LogP contribution in [0.1, 0.15) is 32.3 Å². The molecule has 0 heterocycles. The average molecular weight is 249 g/mol. The molecular formula is C15H23NO2. The molecule has 0 saturated heterocycles. The third kappa shape index (κ3) is 5.82. The van der Waals surface area contributed by atoms with E-state index in [0.29, 0.717) is 13.0 Å². The van der Waals surface area contributed by atoms with Crippen LogP contribution in [-0.2, 0) is 16.0 Å². The molecule has 0 saturated carbocycles. The van der Waals surface area contributed by atoms with E-state index in [9.17, 15) is 4.79 Å². The second-order valence-electron chi connectivity index (χ2n) is 4.40. The molecule has 0 aromatic heterocycles. The molecule has 0 aliphatic rings. The van der Waals surface area contributed by atoms with Crippen LogP contribution in [0.25, 0.3) is 0 Å². The highest BCUT2D eigenvalue weighted by Gasteiger charge is 2.09. The van der Waals surface area contributed by atoms with Gasteiger partial charge in [0.2, 0.25) is 0 Å². The summed E-state index contributed by atoms with van der Waals surface area (Å²) < 4.78 is 5.29. The standard InChI is InChI=1S/C15H23NO2/c1-3-10-16-14(4-2)12-18-15(17)11-13-8-6-5-7-9-13/h5-9,14,16H,3-4,10-12H2,1-2H3. The molecule has 1 unspecified atom stereocenters. The van der Waals surface area contributed by atoms with Gasteiger partial charge in [0.15, 0.2) is 0 Å². The van der Waals surface area contributed by atoms with Gasteiger partial charge in [-0.1, -0.05) is 44.2 Å². The maximum atomic E-state index is 11.7. The largest absolute Gasteiger partial charge is 0.464 e. The molecule has 1 atom stereocenters. The summed E-state index contributed by atoms with van der Waals surface area (Å²) in [5.41, 5.74) is 0.997. The van der Waals surface area contributed by atoms with Gasteiger partial charge in [0, 0.05) is 6.04 Å². The highest BCUT2D eigenvalue weighted by molar-refractivity contribution is 5.72. The van der Waals surface area contributed by atoms with Gasteiger partial charge in [0.25, 0.3) is 0 Å². The lowest BCUT2D eigenvalue weighted by Crippen LogP contribution is -2.34. The zero-order valence-corrected chi connectivity index (χ0v) is 11.3. The summed E-state index contributed by atoms with van der Waals surface area (Å²) in [5, 5.41) is 3.36. The van der Waals surface area contributed by atoms with Crippen LogP contribution in [0, 0.1) is 0 Å². The molecule has 0 bridgehead atoms. The van der Waals surface area contributed by atoms with Crippen molar-refractivity contribution in [1.82, 2.24) is 5.32 Å². The number of carbonyl (C=O) groups excluding carboxylic acids is 1. The number of hydrogen-bond donors (Lipinski definition) is 1. The molecule has 0 aliphatic carbocycles. The average Bonchev–Trinajstić information content (AvgIpc) is 2.40. The summed E-state index contributed by atoms with van der Waals surface area (Å²) in [6, 6.07) is 9.95. The second kappa shape index (κ2) is 8.70. The third-order valence-electron chi connectivity index (χ3n) is 2.81. The summed E-state index contributed by atoms with van der Waals surface area (Å²) in [6.45, 7) is 5.65. The van der Waals surface area contributed by atoms with Crippen molar-refractivity contribution in [2.24, 2.45) is 0 Å². The molecule has 0 spiro atoms. The van der Waals surface area contributed by atoms with Crippen molar-refractivity contribution in [2.45, 2.75) is 39.2 Å². The van der Waals surface area contributed by atoms with Crippen LogP contribution < -0.4 is 5.32 Å². The van der Waals surface area contributed by atoms with Gasteiger partial charge in [-0.05, 0) is 24.9 Å². The summed E-state index contributed by atoms with van der Waals surface area (Å²) in [6.07, 6.45) is 2.41. The number of carbonyl (C=O) groups is 1. The van der Waals surface area contributed by atoms with E-state index in [1.807, 2.05) is 30.3 Å². The Bertz CT molecular complexity index is 338. The number of hydrogen-bond acceptors (Lipinski definition) is 3. The Morgan fingerprint density at radius 3 is 2.61 bits per heavy atom. The molecule has 0 radical (unpaired) electrons. The smallest absolute Gasteiger partial charge is 0.310 e. The number of esters is 1. The molecule has 0 fully saturated rings. The van der Waals surface area contributed by atoms with Crippen LogP contribution in [-0.4, -0.2) is 25.2 Å². The van der Waals surface area contributed by atoms with Crippen molar-refractivity contribution < 1.29 is 9.53 Å².